The molecule has 7 heavy (non-hydrogen) atoms. The van der Waals surface area contributed by atoms with E-state index in [4.69, 9.17) is 0 Å². The van der Waals surface area contributed by atoms with E-state index in [0.29, 0.717) is 0 Å². The van der Waals surface area contributed by atoms with Crippen molar-refractivity contribution in [3.63, 3.8) is 0 Å². The first kappa shape index (κ1) is 6.23. The summed E-state index contributed by atoms with van der Waals surface area (Å²) in [7, 11) is 0. The van der Waals surface area contributed by atoms with E-state index >= 15 is 0 Å². The summed E-state index contributed by atoms with van der Waals surface area (Å²) in [5, 5.41) is 0. The second-order valence-corrected chi connectivity index (χ2v) is 0.794. The Bertz CT molecular complexity index is 82.1. The monoisotopic (exact) mass is 109 g/mol. The van der Waals surface area contributed by atoms with Crippen molar-refractivity contribution in [2.75, 3.05) is 0 Å². The van der Waals surface area contributed by atoms with Gasteiger partial charge in [-0.15, -0.1) is 0 Å². The van der Waals surface area contributed by atoms with Gasteiger partial charge >= 0.3 is 0 Å². The van der Waals surface area contributed by atoms with Crippen LogP contribution < -0.4 is 0 Å². The fraction of sp³-hybridized carbons (Fsp3) is 0. The highest BCUT2D eigenvalue weighted by atomic mass is 28.1. The van der Waals surface area contributed by atoms with Crippen LogP contribution in [0.2, 0.25) is 0 Å². The average molecular weight is 109 g/mol. The summed E-state index contributed by atoms with van der Waals surface area (Å²) in [6, 6.07) is 0. The van der Waals surface area contributed by atoms with Gasteiger partial charge in [0.05, 0.1) is 0 Å². The Balaban J connectivity index is 0.000000360. The zero-order valence-corrected chi connectivity index (χ0v) is 4.57. The minimum absolute atomic E-state index is 0. The normalized spacial score (nSPS) is 6.86. The van der Waals surface area contributed by atoms with E-state index in [1.807, 2.05) is 0 Å². The Morgan fingerprint density at radius 2 is 1.00 bits per heavy atom. The van der Waals surface area contributed by atoms with Crippen LogP contribution in [-0.2, 0) is 0 Å². The molecule has 34 valence electrons. The van der Waals surface area contributed by atoms with Gasteiger partial charge < -0.3 is 0 Å². The molecule has 1 heterocycles. The van der Waals surface area contributed by atoms with Gasteiger partial charge in [0.25, 0.3) is 0 Å². The molecule has 0 amide bonds. The number of hydrogen-bond acceptors (Lipinski definition) is 3. The average Bonchev–Trinajstić information content (AvgIpc) is 1.72. The molecule has 0 saturated carbocycles. The van der Waals surface area contributed by atoms with Gasteiger partial charge in [-0.25, -0.2) is 15.0 Å². The maximum absolute atomic E-state index is 3.56. The topological polar surface area (TPSA) is 38.7 Å². The molecule has 0 atom stereocenters. The molecule has 4 heteroatoms. The summed E-state index contributed by atoms with van der Waals surface area (Å²) >= 11 is 0. The van der Waals surface area contributed by atoms with Gasteiger partial charge in [0, 0.05) is 11.0 Å². The summed E-state index contributed by atoms with van der Waals surface area (Å²) in [6.45, 7) is 0. The fourth-order valence-electron chi connectivity index (χ4n) is 0.205. The van der Waals surface area contributed by atoms with Crippen molar-refractivity contribution in [1.29, 1.82) is 0 Å². The summed E-state index contributed by atoms with van der Waals surface area (Å²) in [5.41, 5.74) is 0. The third-order valence-corrected chi connectivity index (χ3v) is 0.400. The van der Waals surface area contributed by atoms with Crippen molar-refractivity contribution in [2.45, 2.75) is 0 Å². The molecule has 4 radical (unpaired) electrons. The lowest BCUT2D eigenvalue weighted by atomic mass is 11.1. The lowest BCUT2D eigenvalue weighted by Crippen LogP contribution is -1.73. The quantitative estimate of drug-likeness (QED) is 0.421. The Morgan fingerprint density at radius 1 is 0.714 bits per heavy atom. The van der Waals surface area contributed by atoms with Crippen LogP contribution in [-0.4, -0.2) is 25.9 Å². The Labute approximate surface area is 45.9 Å². The van der Waals surface area contributed by atoms with E-state index < -0.39 is 0 Å². The van der Waals surface area contributed by atoms with Crippen molar-refractivity contribution < 1.29 is 0 Å². The van der Waals surface area contributed by atoms with Gasteiger partial charge in [-0.1, -0.05) is 0 Å². The van der Waals surface area contributed by atoms with Crippen LogP contribution in [0.15, 0.2) is 19.0 Å². The highest BCUT2D eigenvalue weighted by Crippen LogP contribution is 1.57. The highest BCUT2D eigenvalue weighted by Gasteiger charge is 1.59. The Kier molecular flexibility index (Phi) is 3.04. The molecule has 3 nitrogen and oxygen atoms in total. The van der Waals surface area contributed by atoms with Crippen LogP contribution in [0.25, 0.3) is 0 Å². The number of rotatable bonds is 0. The second-order valence-electron chi connectivity index (χ2n) is 0.794. The predicted octanol–water partition coefficient (Wildman–Crippen LogP) is -0.509. The van der Waals surface area contributed by atoms with Gasteiger partial charge in [0.1, 0.15) is 19.0 Å². The fourth-order valence-corrected chi connectivity index (χ4v) is 0.205. The van der Waals surface area contributed by atoms with Gasteiger partial charge in [0.2, 0.25) is 0 Å². The smallest absolute Gasteiger partial charge is 0.119 e. The largest absolute Gasteiger partial charge is 0.225 e. The van der Waals surface area contributed by atoms with Crippen molar-refractivity contribution in [1.82, 2.24) is 15.0 Å². The molecule has 1 rings (SSSR count). The Morgan fingerprint density at radius 3 is 1.14 bits per heavy atom. The molecule has 0 saturated heterocycles. The van der Waals surface area contributed by atoms with Crippen molar-refractivity contribution in [3.8, 4) is 0 Å². The van der Waals surface area contributed by atoms with Crippen LogP contribution in [0.4, 0.5) is 0 Å². The van der Waals surface area contributed by atoms with Crippen molar-refractivity contribution >= 4 is 11.0 Å². The molecule has 0 spiro atoms. The third kappa shape index (κ3) is 1.99. The van der Waals surface area contributed by atoms with Crippen molar-refractivity contribution in [2.24, 2.45) is 0 Å². The molecule has 0 bridgehead atoms. The number of nitrogens with zero attached hydrogens (tertiary/aromatic N) is 3. The van der Waals surface area contributed by atoms with E-state index in [9.17, 15) is 0 Å². The zero-order valence-electron chi connectivity index (χ0n) is 3.57. The molecule has 0 aliphatic rings. The van der Waals surface area contributed by atoms with E-state index in [1.165, 1.54) is 19.0 Å². The van der Waals surface area contributed by atoms with Crippen LogP contribution in [0, 0.1) is 0 Å². The molecule has 0 aliphatic heterocycles. The molecule has 0 aromatic carbocycles. The summed E-state index contributed by atoms with van der Waals surface area (Å²) in [6.07, 6.45) is 4.31. The molecule has 0 N–H and O–H groups in total. The van der Waals surface area contributed by atoms with E-state index in [0.717, 1.165) is 0 Å². The van der Waals surface area contributed by atoms with Crippen LogP contribution in [0.5, 0.6) is 0 Å². The first-order chi connectivity index (χ1) is 3.00. The van der Waals surface area contributed by atoms with Crippen LogP contribution in [0.3, 0.4) is 0 Å². The predicted molar refractivity (Wildman–Crippen MR) is 25.6 cm³/mol. The highest BCUT2D eigenvalue weighted by molar-refractivity contribution is 5.75. The minimum Gasteiger partial charge on any atom is -0.225 e. The SMILES string of the molecule is [Si].c1ncncn1. The van der Waals surface area contributed by atoms with Gasteiger partial charge in [0.15, 0.2) is 0 Å². The minimum atomic E-state index is 0. The molecule has 0 fully saturated rings. The number of aromatic nitrogens is 3. The first-order valence-electron chi connectivity index (χ1n) is 1.55. The maximum atomic E-state index is 3.56. The lowest BCUT2D eigenvalue weighted by molar-refractivity contribution is 1.05. The van der Waals surface area contributed by atoms with Crippen LogP contribution in [0.1, 0.15) is 0 Å². The van der Waals surface area contributed by atoms with E-state index in [-0.39, 0.29) is 11.0 Å². The van der Waals surface area contributed by atoms with Gasteiger partial charge in [-0.2, -0.15) is 0 Å². The zero-order chi connectivity index (χ0) is 4.24. The second kappa shape index (κ2) is 3.42. The molecule has 1 aromatic rings. The number of hydrogen-bond donors (Lipinski definition) is 0. The van der Waals surface area contributed by atoms with E-state index in [2.05, 4.69) is 15.0 Å². The molecule has 0 aliphatic carbocycles. The third-order valence-electron chi connectivity index (χ3n) is 0.400. The summed E-state index contributed by atoms with van der Waals surface area (Å²) in [4.78, 5) is 10.7. The van der Waals surface area contributed by atoms with Crippen LogP contribution >= 0.6 is 0 Å². The first-order valence-corrected chi connectivity index (χ1v) is 1.55. The standard InChI is InChI=1S/C3H3N3.Si/c1-4-2-6-3-5-1;/h1-3H;. The van der Waals surface area contributed by atoms with Gasteiger partial charge in [-0.3, -0.25) is 0 Å². The van der Waals surface area contributed by atoms with E-state index in [1.54, 1.807) is 0 Å². The summed E-state index contributed by atoms with van der Waals surface area (Å²) < 4.78 is 0. The van der Waals surface area contributed by atoms with Crippen molar-refractivity contribution in [3.05, 3.63) is 19.0 Å². The molecule has 0 unspecified atom stereocenters. The molecular weight excluding hydrogens is 106 g/mol. The Hall–Kier alpha value is -0.773. The molecular formula is C3H3N3Si. The lowest BCUT2D eigenvalue weighted by Gasteiger charge is -1.69. The van der Waals surface area contributed by atoms with Gasteiger partial charge in [-0.05, 0) is 0 Å². The maximum Gasteiger partial charge on any atom is 0.119 e. The summed E-state index contributed by atoms with van der Waals surface area (Å²) in [5.74, 6) is 0. The molecule has 1 aromatic heterocycles.